The van der Waals surface area contributed by atoms with Crippen molar-refractivity contribution in [3.63, 3.8) is 0 Å². The van der Waals surface area contributed by atoms with Gasteiger partial charge in [0.1, 0.15) is 0 Å². The molecule has 1 aromatic rings. The third kappa shape index (κ3) is 1.49. The van der Waals surface area contributed by atoms with Gasteiger partial charge in [0.05, 0.1) is 0 Å². The van der Waals surface area contributed by atoms with E-state index in [2.05, 4.69) is 4.42 Å². The molecular formula is C5H8N2O2PS+. The third-order valence-electron chi connectivity index (χ3n) is 1.18. The summed E-state index contributed by atoms with van der Waals surface area (Å²) in [5, 5.41) is 1.64. The highest BCUT2D eigenvalue weighted by atomic mass is 32.4. The van der Waals surface area contributed by atoms with E-state index in [0.717, 1.165) is 5.44 Å². The monoisotopic (exact) mass is 191 g/mol. The second kappa shape index (κ2) is 3.15. The standard InChI is InChI=1S/C5H7N2O2PS/c1-6(2)7-4(10-11)3-9-5(7)8/h3H,1-2H3/p+1. The van der Waals surface area contributed by atoms with Gasteiger partial charge in [0, 0.05) is 14.1 Å². The zero-order chi connectivity index (χ0) is 8.43. The van der Waals surface area contributed by atoms with Gasteiger partial charge in [-0.2, -0.15) is 0 Å². The minimum atomic E-state index is -0.387. The first kappa shape index (κ1) is 8.43. The topological polar surface area (TPSA) is 38.4 Å². The van der Waals surface area contributed by atoms with E-state index in [1.54, 1.807) is 19.1 Å². The van der Waals surface area contributed by atoms with Gasteiger partial charge in [-0.25, -0.2) is 4.79 Å². The Kier molecular flexibility index (Phi) is 2.42. The molecule has 6 heteroatoms. The maximum absolute atomic E-state index is 11.0. The van der Waals surface area contributed by atoms with Crippen LogP contribution in [0.25, 0.3) is 0 Å². The Balaban J connectivity index is 3.29. The van der Waals surface area contributed by atoms with Crippen molar-refractivity contribution < 1.29 is 4.42 Å². The van der Waals surface area contributed by atoms with Crippen molar-refractivity contribution >= 4 is 24.6 Å². The Bertz CT molecular complexity index is 317. The van der Waals surface area contributed by atoms with Gasteiger partial charge < -0.3 is 9.43 Å². The zero-order valence-electron chi connectivity index (χ0n) is 6.20. The van der Waals surface area contributed by atoms with Gasteiger partial charge in [0.15, 0.2) is 18.1 Å². The SMILES string of the molecule is CN(C)n1c([PH+]=S)coc1=O. The molecule has 0 spiro atoms. The molecule has 0 N–H and O–H groups in total. The Hall–Kier alpha value is -0.670. The molecule has 1 rings (SSSR count). The summed E-state index contributed by atoms with van der Waals surface area (Å²) in [6, 6.07) is 0. The number of hydrogen-bond acceptors (Lipinski definition) is 4. The first-order valence-corrected chi connectivity index (χ1v) is 5.06. The van der Waals surface area contributed by atoms with Gasteiger partial charge in [0.25, 0.3) is 5.44 Å². The van der Waals surface area contributed by atoms with Gasteiger partial charge in [-0.3, -0.25) is 0 Å². The first-order chi connectivity index (χ1) is 5.16. The number of nitrogens with zero attached hydrogens (tertiary/aromatic N) is 2. The fourth-order valence-electron chi connectivity index (χ4n) is 0.750. The van der Waals surface area contributed by atoms with Crippen LogP contribution < -0.4 is 16.2 Å². The van der Waals surface area contributed by atoms with E-state index in [4.69, 9.17) is 11.8 Å². The normalized spacial score (nSPS) is 10.4. The summed E-state index contributed by atoms with van der Waals surface area (Å²) in [5.41, 5.74) is 0.731. The van der Waals surface area contributed by atoms with Crippen LogP contribution in [0.2, 0.25) is 0 Å². The molecule has 0 aliphatic rings. The quantitative estimate of drug-likeness (QED) is 0.585. The summed E-state index contributed by atoms with van der Waals surface area (Å²) in [6.07, 6.45) is 1.40. The zero-order valence-corrected chi connectivity index (χ0v) is 8.01. The molecule has 11 heavy (non-hydrogen) atoms. The maximum Gasteiger partial charge on any atom is 0.441 e. The molecule has 1 aromatic heterocycles. The summed E-state index contributed by atoms with van der Waals surface area (Å²) >= 11 is 4.82. The fraction of sp³-hybridized carbons (Fsp3) is 0.400. The molecule has 0 bridgehead atoms. The average Bonchev–Trinajstić information content (AvgIpc) is 2.30. The van der Waals surface area contributed by atoms with Crippen LogP contribution in [0, 0.1) is 0 Å². The second-order valence-corrected chi connectivity index (χ2v) is 3.48. The Morgan fingerprint density at radius 1 is 1.73 bits per heavy atom. The van der Waals surface area contributed by atoms with Gasteiger partial charge >= 0.3 is 5.76 Å². The molecule has 0 saturated carbocycles. The molecule has 60 valence electrons. The summed E-state index contributed by atoms with van der Waals surface area (Å²) in [5.74, 6) is -0.387. The lowest BCUT2D eigenvalue weighted by molar-refractivity contribution is 0.481. The lowest BCUT2D eigenvalue weighted by Crippen LogP contribution is -2.38. The molecule has 0 amide bonds. The molecule has 0 fully saturated rings. The van der Waals surface area contributed by atoms with Crippen LogP contribution in [-0.2, 0) is 11.8 Å². The van der Waals surface area contributed by atoms with Crippen molar-refractivity contribution in [2.24, 2.45) is 0 Å². The van der Waals surface area contributed by atoms with E-state index in [0.29, 0.717) is 0 Å². The van der Waals surface area contributed by atoms with Crippen molar-refractivity contribution in [1.29, 1.82) is 0 Å². The molecule has 0 aromatic carbocycles. The highest BCUT2D eigenvalue weighted by Crippen LogP contribution is 1.92. The third-order valence-corrected chi connectivity index (χ3v) is 2.34. The number of rotatable bonds is 2. The van der Waals surface area contributed by atoms with Crippen molar-refractivity contribution in [3.05, 3.63) is 16.8 Å². The smallest absolute Gasteiger partial charge is 0.410 e. The van der Waals surface area contributed by atoms with E-state index >= 15 is 0 Å². The van der Waals surface area contributed by atoms with Gasteiger partial charge in [-0.15, -0.1) is 4.68 Å². The second-order valence-electron chi connectivity index (χ2n) is 2.15. The van der Waals surface area contributed by atoms with Gasteiger partial charge in [-0.1, -0.05) is 0 Å². The lowest BCUT2D eigenvalue weighted by atomic mass is 10.9. The maximum atomic E-state index is 11.0. The van der Waals surface area contributed by atoms with Crippen LogP contribution in [0.15, 0.2) is 15.5 Å². The Morgan fingerprint density at radius 2 is 2.36 bits per heavy atom. The van der Waals surface area contributed by atoms with Crippen LogP contribution >= 0.6 is 7.36 Å². The summed E-state index contributed by atoms with van der Waals surface area (Å²) in [6.45, 7) is 0. The van der Waals surface area contributed by atoms with Crippen molar-refractivity contribution in [2.45, 2.75) is 0 Å². The molecule has 4 nitrogen and oxygen atoms in total. The summed E-state index contributed by atoms with van der Waals surface area (Å²) < 4.78 is 6.06. The molecule has 1 heterocycles. The van der Waals surface area contributed by atoms with Crippen LogP contribution in [0.1, 0.15) is 0 Å². The van der Waals surface area contributed by atoms with E-state index in [1.807, 2.05) is 0 Å². The lowest BCUT2D eigenvalue weighted by Gasteiger charge is -2.08. The molecule has 0 radical (unpaired) electrons. The molecular weight excluding hydrogens is 183 g/mol. The highest BCUT2D eigenvalue weighted by Gasteiger charge is 2.12. The van der Waals surface area contributed by atoms with E-state index in [-0.39, 0.29) is 13.1 Å². The number of aromatic nitrogens is 1. The van der Waals surface area contributed by atoms with Crippen LogP contribution in [0.4, 0.5) is 0 Å². The first-order valence-electron chi connectivity index (χ1n) is 2.93. The van der Waals surface area contributed by atoms with E-state index < -0.39 is 0 Å². The van der Waals surface area contributed by atoms with Gasteiger partial charge in [0.2, 0.25) is 7.36 Å². The van der Waals surface area contributed by atoms with Crippen LogP contribution in [0.3, 0.4) is 0 Å². The highest BCUT2D eigenvalue weighted by molar-refractivity contribution is 7.99. The van der Waals surface area contributed by atoms with Crippen molar-refractivity contribution in [3.8, 4) is 0 Å². The predicted molar refractivity (Wildman–Crippen MR) is 48.3 cm³/mol. The van der Waals surface area contributed by atoms with Crippen LogP contribution in [-0.4, -0.2) is 18.8 Å². The van der Waals surface area contributed by atoms with Crippen molar-refractivity contribution in [1.82, 2.24) is 4.68 Å². The molecule has 0 saturated heterocycles. The number of hydrogen-bond donors (Lipinski definition) is 0. The minimum Gasteiger partial charge on any atom is -0.410 e. The van der Waals surface area contributed by atoms with Gasteiger partial charge in [-0.05, 0) is 0 Å². The average molecular weight is 191 g/mol. The number of oxazole rings is 1. The molecule has 0 aliphatic heterocycles. The molecule has 1 atom stereocenters. The predicted octanol–water partition coefficient (Wildman–Crippen LogP) is -0.595. The Labute approximate surface area is 70.2 Å². The summed E-state index contributed by atoms with van der Waals surface area (Å²) in [4.78, 5) is 11.0. The van der Waals surface area contributed by atoms with Crippen molar-refractivity contribution in [2.75, 3.05) is 19.1 Å². The van der Waals surface area contributed by atoms with E-state index in [9.17, 15) is 4.79 Å². The van der Waals surface area contributed by atoms with E-state index in [1.165, 1.54) is 10.9 Å². The minimum absolute atomic E-state index is 0.153. The molecule has 1 unspecified atom stereocenters. The Morgan fingerprint density at radius 3 is 2.73 bits per heavy atom. The fourth-order valence-corrected chi connectivity index (χ4v) is 1.64. The molecule has 0 aliphatic carbocycles. The summed E-state index contributed by atoms with van der Waals surface area (Å²) in [7, 11) is 3.67. The largest absolute Gasteiger partial charge is 0.441 e. The van der Waals surface area contributed by atoms with Crippen LogP contribution in [0.5, 0.6) is 0 Å².